The highest BCUT2D eigenvalue weighted by atomic mass is 28.3. The van der Waals surface area contributed by atoms with Crippen molar-refractivity contribution in [3.8, 4) is 11.4 Å². The molecular formula is C20H27N7OSi. The van der Waals surface area contributed by atoms with E-state index in [1.807, 2.05) is 19.3 Å². The van der Waals surface area contributed by atoms with Gasteiger partial charge in [-0.2, -0.15) is 5.10 Å². The van der Waals surface area contributed by atoms with Gasteiger partial charge >= 0.3 is 0 Å². The Kier molecular flexibility index (Phi) is 5.09. The monoisotopic (exact) mass is 409 g/mol. The third-order valence-corrected chi connectivity index (χ3v) is 6.82. The molecule has 152 valence electrons. The zero-order chi connectivity index (χ0) is 20.6. The lowest BCUT2D eigenvalue weighted by atomic mass is 10.1. The first-order chi connectivity index (χ1) is 13.9. The summed E-state index contributed by atoms with van der Waals surface area (Å²) < 4.78 is 8.22. The summed E-state index contributed by atoms with van der Waals surface area (Å²) in [4.78, 5) is 13.3. The zero-order valence-electron chi connectivity index (χ0n) is 17.6. The van der Waals surface area contributed by atoms with Crippen LogP contribution in [0.5, 0.6) is 0 Å². The van der Waals surface area contributed by atoms with Gasteiger partial charge in [0.1, 0.15) is 24.5 Å². The number of nitrogens with one attached hydrogen (secondary N) is 2. The maximum atomic E-state index is 6.10. The molecule has 29 heavy (non-hydrogen) atoms. The topological polar surface area (TPSA) is 93.5 Å². The van der Waals surface area contributed by atoms with Crippen molar-refractivity contribution in [2.24, 2.45) is 0 Å². The first-order valence-electron chi connectivity index (χ1n) is 9.79. The lowest BCUT2D eigenvalue weighted by molar-refractivity contribution is 0.0908. The summed E-state index contributed by atoms with van der Waals surface area (Å²) in [5, 5.41) is 12.7. The Morgan fingerprint density at radius 3 is 2.79 bits per heavy atom. The molecule has 2 N–H and O–H groups in total. The van der Waals surface area contributed by atoms with Crippen LogP contribution in [0.3, 0.4) is 0 Å². The molecule has 0 atom stereocenters. The Labute approximate surface area is 170 Å². The number of aromatic nitrogens is 6. The van der Waals surface area contributed by atoms with Crippen LogP contribution in [-0.2, 0) is 11.5 Å². The van der Waals surface area contributed by atoms with Crippen molar-refractivity contribution in [2.45, 2.75) is 39.3 Å². The molecule has 0 amide bonds. The predicted molar refractivity (Wildman–Crippen MR) is 119 cm³/mol. The second kappa shape index (κ2) is 7.56. The molecule has 0 fully saturated rings. The van der Waals surface area contributed by atoms with E-state index < -0.39 is 8.07 Å². The number of hydrogen-bond donors (Lipinski definition) is 2. The molecule has 0 aliphatic heterocycles. The summed E-state index contributed by atoms with van der Waals surface area (Å²) in [5.74, 6) is 0.738. The highest BCUT2D eigenvalue weighted by Crippen LogP contribution is 2.36. The molecule has 0 saturated carbocycles. The quantitative estimate of drug-likeness (QED) is 0.353. The number of pyridine rings is 1. The molecule has 4 aromatic heterocycles. The summed E-state index contributed by atoms with van der Waals surface area (Å²) in [5.41, 5.74) is 4.52. The molecule has 0 aliphatic carbocycles. The molecule has 0 radical (unpaired) electrons. The van der Waals surface area contributed by atoms with Crippen LogP contribution in [0.4, 0.5) is 5.82 Å². The fraction of sp³-hybridized carbons (Fsp3) is 0.400. The molecule has 0 unspecified atom stereocenters. The lowest BCUT2D eigenvalue weighted by Gasteiger charge is -2.16. The molecule has 4 aromatic rings. The molecule has 8 nitrogen and oxygen atoms in total. The average Bonchev–Trinajstić information content (AvgIpc) is 3.24. The van der Waals surface area contributed by atoms with Crippen molar-refractivity contribution in [3.63, 3.8) is 0 Å². The number of aromatic amines is 1. The summed E-state index contributed by atoms with van der Waals surface area (Å²) in [6.07, 6.45) is 3.33. The summed E-state index contributed by atoms with van der Waals surface area (Å²) >= 11 is 0. The standard InChI is InChI=1S/C20H27N7OSi/c1-13-14-7-6-8-22-20(14)27(12-28-9-10-29(3,4)5)17(13)16-15-18(21-2)23-11-24-19(15)26-25-16/h6-8,11H,9-10,12H2,1-5H3,(H2,21,23,24,25,26). The van der Waals surface area contributed by atoms with E-state index in [0.29, 0.717) is 12.4 Å². The van der Waals surface area contributed by atoms with E-state index in [1.54, 1.807) is 0 Å². The van der Waals surface area contributed by atoms with Gasteiger partial charge in [0.15, 0.2) is 5.65 Å². The minimum atomic E-state index is -1.15. The van der Waals surface area contributed by atoms with Gasteiger partial charge in [-0.1, -0.05) is 19.6 Å². The van der Waals surface area contributed by atoms with E-state index in [2.05, 4.69) is 67.7 Å². The fourth-order valence-electron chi connectivity index (χ4n) is 3.54. The Morgan fingerprint density at radius 2 is 2.03 bits per heavy atom. The molecule has 0 aromatic carbocycles. The summed E-state index contributed by atoms with van der Waals surface area (Å²) in [7, 11) is 0.699. The van der Waals surface area contributed by atoms with Gasteiger partial charge in [0, 0.05) is 33.3 Å². The highest BCUT2D eigenvalue weighted by Gasteiger charge is 2.22. The number of H-pyrrole nitrogens is 1. The van der Waals surface area contributed by atoms with Gasteiger partial charge in [-0.3, -0.25) is 9.67 Å². The van der Waals surface area contributed by atoms with Crippen molar-refractivity contribution >= 4 is 36.0 Å². The SMILES string of the molecule is CNc1ncnc2n[nH]c(-c3c(C)c4cccnc4n3COCC[Si](C)(C)C)c12. The van der Waals surface area contributed by atoms with Gasteiger partial charge in [-0.15, -0.1) is 0 Å². The second-order valence-electron chi connectivity index (χ2n) is 8.39. The van der Waals surface area contributed by atoms with Crippen LogP contribution in [0.15, 0.2) is 24.7 Å². The van der Waals surface area contributed by atoms with Crippen molar-refractivity contribution in [3.05, 3.63) is 30.2 Å². The van der Waals surface area contributed by atoms with Crippen LogP contribution in [0.2, 0.25) is 25.7 Å². The molecule has 0 bridgehead atoms. The van der Waals surface area contributed by atoms with Gasteiger partial charge in [0.2, 0.25) is 0 Å². The summed E-state index contributed by atoms with van der Waals surface area (Å²) in [6, 6.07) is 5.18. The fourth-order valence-corrected chi connectivity index (χ4v) is 4.30. The maximum Gasteiger partial charge on any atom is 0.186 e. The van der Waals surface area contributed by atoms with Crippen molar-refractivity contribution in [1.29, 1.82) is 0 Å². The van der Waals surface area contributed by atoms with Gasteiger partial charge in [0.05, 0.1) is 16.8 Å². The maximum absolute atomic E-state index is 6.10. The first-order valence-corrected chi connectivity index (χ1v) is 13.5. The predicted octanol–water partition coefficient (Wildman–Crippen LogP) is 4.03. The number of anilines is 1. The van der Waals surface area contributed by atoms with Gasteiger partial charge in [-0.25, -0.2) is 15.0 Å². The Balaban J connectivity index is 1.83. The number of hydrogen-bond acceptors (Lipinski definition) is 6. The molecule has 4 heterocycles. The van der Waals surface area contributed by atoms with Crippen molar-refractivity contribution < 1.29 is 4.74 Å². The van der Waals surface area contributed by atoms with E-state index in [0.717, 1.165) is 51.8 Å². The van der Waals surface area contributed by atoms with Crippen LogP contribution in [0, 0.1) is 6.92 Å². The van der Waals surface area contributed by atoms with Crippen LogP contribution in [-0.4, -0.2) is 51.4 Å². The minimum Gasteiger partial charge on any atom is -0.372 e. The Hall–Kier alpha value is -2.78. The van der Waals surface area contributed by atoms with Gasteiger partial charge in [-0.05, 0) is 30.7 Å². The molecule has 0 saturated heterocycles. The van der Waals surface area contributed by atoms with Gasteiger partial charge in [0.25, 0.3) is 0 Å². The zero-order valence-corrected chi connectivity index (χ0v) is 18.6. The van der Waals surface area contributed by atoms with Crippen LogP contribution in [0.1, 0.15) is 5.56 Å². The van der Waals surface area contributed by atoms with E-state index in [4.69, 9.17) is 4.74 Å². The highest BCUT2D eigenvalue weighted by molar-refractivity contribution is 6.76. The normalized spacial score (nSPS) is 12.2. The second-order valence-corrected chi connectivity index (χ2v) is 14.0. The largest absolute Gasteiger partial charge is 0.372 e. The van der Waals surface area contributed by atoms with Crippen molar-refractivity contribution in [2.75, 3.05) is 19.0 Å². The van der Waals surface area contributed by atoms with E-state index in [-0.39, 0.29) is 0 Å². The van der Waals surface area contributed by atoms with Crippen molar-refractivity contribution in [1.82, 2.24) is 29.7 Å². The lowest BCUT2D eigenvalue weighted by Crippen LogP contribution is -2.22. The van der Waals surface area contributed by atoms with Crippen LogP contribution >= 0.6 is 0 Å². The number of rotatable bonds is 7. The number of nitrogens with zero attached hydrogens (tertiary/aromatic N) is 5. The number of aryl methyl sites for hydroxylation is 1. The average molecular weight is 410 g/mol. The molecule has 4 rings (SSSR count). The molecule has 9 heteroatoms. The minimum absolute atomic E-state index is 0.435. The smallest absolute Gasteiger partial charge is 0.186 e. The first kappa shape index (κ1) is 19.5. The Bertz CT molecular complexity index is 1160. The molecule has 0 spiro atoms. The number of ether oxygens (including phenoxy) is 1. The van der Waals surface area contributed by atoms with E-state index >= 15 is 0 Å². The van der Waals surface area contributed by atoms with Crippen LogP contribution in [0.25, 0.3) is 33.5 Å². The third-order valence-electron chi connectivity index (χ3n) is 5.11. The molecular weight excluding hydrogens is 382 g/mol. The van der Waals surface area contributed by atoms with E-state index in [9.17, 15) is 0 Å². The van der Waals surface area contributed by atoms with E-state index in [1.165, 1.54) is 6.33 Å². The van der Waals surface area contributed by atoms with Crippen LogP contribution < -0.4 is 5.32 Å². The van der Waals surface area contributed by atoms with Gasteiger partial charge < -0.3 is 10.1 Å². The summed E-state index contributed by atoms with van der Waals surface area (Å²) in [6.45, 7) is 10.4. The Morgan fingerprint density at radius 1 is 1.21 bits per heavy atom. The number of fused-ring (bicyclic) bond motifs is 2. The third kappa shape index (κ3) is 3.63. The molecule has 0 aliphatic rings.